The molecule has 65 valence electrons. The number of aryl methyl sites for hydroxylation is 1. The normalized spacial score (nSPS) is 10.3. The summed E-state index contributed by atoms with van der Waals surface area (Å²) < 4.78 is 1.78. The second kappa shape index (κ2) is 3.05. The lowest BCUT2D eigenvalue weighted by molar-refractivity contribution is 0.756. The summed E-state index contributed by atoms with van der Waals surface area (Å²) in [6, 6.07) is 12.1. The van der Waals surface area contributed by atoms with Gasteiger partial charge in [0, 0.05) is 18.3 Å². The van der Waals surface area contributed by atoms with Gasteiger partial charge in [0.05, 0.1) is 5.69 Å². The van der Waals surface area contributed by atoms with Gasteiger partial charge in [-0.2, -0.15) is 5.10 Å². The van der Waals surface area contributed by atoms with Crippen molar-refractivity contribution in [3.8, 4) is 11.3 Å². The van der Waals surface area contributed by atoms with Crippen molar-refractivity contribution in [3.05, 3.63) is 49.0 Å². The Balaban J connectivity index is 2.48. The molecule has 2 rings (SSSR count). The van der Waals surface area contributed by atoms with E-state index in [0.717, 1.165) is 17.0 Å². The maximum absolute atomic E-state index is 4.33. The first-order chi connectivity index (χ1) is 6.27. The summed E-state index contributed by atoms with van der Waals surface area (Å²) in [5, 5.41) is 4.33. The Bertz CT molecular complexity index is 382. The molecule has 0 N–H and O–H groups in total. The summed E-state index contributed by atoms with van der Waals surface area (Å²) in [4.78, 5) is 0. The summed E-state index contributed by atoms with van der Waals surface area (Å²) in [5.74, 6) is 0. The molecule has 0 aliphatic heterocycles. The van der Waals surface area contributed by atoms with Crippen LogP contribution in [0.3, 0.4) is 0 Å². The van der Waals surface area contributed by atoms with Crippen molar-refractivity contribution in [2.45, 2.75) is 0 Å². The third-order valence-electron chi connectivity index (χ3n) is 2.05. The van der Waals surface area contributed by atoms with Crippen LogP contribution in [0.15, 0.2) is 36.4 Å². The van der Waals surface area contributed by atoms with Gasteiger partial charge >= 0.3 is 0 Å². The fourth-order valence-corrected chi connectivity index (χ4v) is 1.26. The standard InChI is InChI=1S/C11H11N2/c1-9-8-11(12-13(9)2)10-6-4-3-5-7-10/h3-8H,1H2,2H3. The van der Waals surface area contributed by atoms with Crippen molar-refractivity contribution in [3.63, 3.8) is 0 Å². The maximum atomic E-state index is 4.33. The van der Waals surface area contributed by atoms with Gasteiger partial charge in [-0.05, 0) is 13.0 Å². The van der Waals surface area contributed by atoms with E-state index >= 15 is 0 Å². The van der Waals surface area contributed by atoms with E-state index in [4.69, 9.17) is 0 Å². The average molecular weight is 171 g/mol. The van der Waals surface area contributed by atoms with Gasteiger partial charge in [0.15, 0.2) is 0 Å². The third kappa shape index (κ3) is 1.47. The van der Waals surface area contributed by atoms with Crippen molar-refractivity contribution < 1.29 is 0 Å². The van der Waals surface area contributed by atoms with E-state index < -0.39 is 0 Å². The minimum atomic E-state index is 0.929. The Morgan fingerprint density at radius 1 is 1.23 bits per heavy atom. The SMILES string of the molecule is [CH2]c1cc(-c2ccccc2)nn1C. The minimum absolute atomic E-state index is 0.929. The van der Waals surface area contributed by atoms with E-state index in [1.54, 1.807) is 4.68 Å². The quantitative estimate of drug-likeness (QED) is 0.643. The van der Waals surface area contributed by atoms with Crippen LogP contribution in [-0.4, -0.2) is 9.78 Å². The predicted molar refractivity (Wildman–Crippen MR) is 53.1 cm³/mol. The molecule has 2 aromatic rings. The Morgan fingerprint density at radius 3 is 2.46 bits per heavy atom. The molecule has 2 nitrogen and oxygen atoms in total. The lowest BCUT2D eigenvalue weighted by atomic mass is 10.1. The van der Waals surface area contributed by atoms with Gasteiger partial charge in [-0.1, -0.05) is 30.3 Å². The summed E-state index contributed by atoms with van der Waals surface area (Å²) >= 11 is 0. The lowest BCUT2D eigenvalue weighted by Gasteiger charge is -1.93. The highest BCUT2D eigenvalue weighted by Gasteiger charge is 2.02. The Labute approximate surface area is 77.8 Å². The number of hydrogen-bond acceptors (Lipinski definition) is 1. The molecule has 0 fully saturated rings. The fourth-order valence-electron chi connectivity index (χ4n) is 1.26. The molecule has 1 heterocycles. The third-order valence-corrected chi connectivity index (χ3v) is 2.05. The number of benzene rings is 1. The molecule has 0 aliphatic rings. The maximum Gasteiger partial charge on any atom is 0.0925 e. The summed E-state index contributed by atoms with van der Waals surface area (Å²) in [5.41, 5.74) is 3.04. The number of hydrogen-bond donors (Lipinski definition) is 0. The molecule has 1 aromatic heterocycles. The van der Waals surface area contributed by atoms with Crippen LogP contribution in [0.4, 0.5) is 0 Å². The van der Waals surface area contributed by atoms with Crippen molar-refractivity contribution >= 4 is 0 Å². The van der Waals surface area contributed by atoms with E-state index in [2.05, 4.69) is 12.0 Å². The van der Waals surface area contributed by atoms with Gasteiger partial charge < -0.3 is 0 Å². The van der Waals surface area contributed by atoms with Crippen LogP contribution in [0, 0.1) is 6.92 Å². The molecule has 0 saturated carbocycles. The number of nitrogens with zero attached hydrogens (tertiary/aromatic N) is 2. The lowest BCUT2D eigenvalue weighted by Crippen LogP contribution is -1.92. The first-order valence-electron chi connectivity index (χ1n) is 4.19. The van der Waals surface area contributed by atoms with Gasteiger partial charge in [-0.15, -0.1) is 0 Å². The van der Waals surface area contributed by atoms with Crippen LogP contribution >= 0.6 is 0 Å². The number of rotatable bonds is 1. The topological polar surface area (TPSA) is 17.8 Å². The molecule has 13 heavy (non-hydrogen) atoms. The second-order valence-electron chi connectivity index (χ2n) is 3.01. The molecule has 0 amide bonds. The molecular formula is C11H11N2. The Kier molecular flexibility index (Phi) is 1.89. The molecule has 0 spiro atoms. The van der Waals surface area contributed by atoms with Crippen LogP contribution in [-0.2, 0) is 7.05 Å². The van der Waals surface area contributed by atoms with Gasteiger partial charge in [0.2, 0.25) is 0 Å². The smallest absolute Gasteiger partial charge is 0.0925 e. The zero-order valence-corrected chi connectivity index (χ0v) is 7.57. The van der Waals surface area contributed by atoms with Crippen molar-refractivity contribution in [2.75, 3.05) is 0 Å². The van der Waals surface area contributed by atoms with Crippen LogP contribution in [0.2, 0.25) is 0 Å². The highest BCUT2D eigenvalue weighted by Crippen LogP contribution is 2.17. The van der Waals surface area contributed by atoms with Crippen LogP contribution in [0.5, 0.6) is 0 Å². The van der Waals surface area contributed by atoms with Crippen molar-refractivity contribution in [1.29, 1.82) is 0 Å². The summed E-state index contributed by atoms with van der Waals surface area (Å²) in [6.45, 7) is 3.87. The van der Waals surface area contributed by atoms with Gasteiger partial charge in [0.25, 0.3) is 0 Å². The van der Waals surface area contributed by atoms with Crippen LogP contribution < -0.4 is 0 Å². The van der Waals surface area contributed by atoms with E-state index in [9.17, 15) is 0 Å². The summed E-state index contributed by atoms with van der Waals surface area (Å²) in [7, 11) is 1.90. The van der Waals surface area contributed by atoms with Gasteiger partial charge in [0.1, 0.15) is 0 Å². The zero-order valence-electron chi connectivity index (χ0n) is 7.57. The van der Waals surface area contributed by atoms with E-state index in [1.165, 1.54) is 0 Å². The summed E-state index contributed by atoms with van der Waals surface area (Å²) in [6.07, 6.45) is 0. The highest BCUT2D eigenvalue weighted by atomic mass is 15.3. The van der Waals surface area contributed by atoms with Crippen LogP contribution in [0.1, 0.15) is 5.69 Å². The van der Waals surface area contributed by atoms with Crippen molar-refractivity contribution in [2.24, 2.45) is 7.05 Å². The zero-order chi connectivity index (χ0) is 9.26. The Morgan fingerprint density at radius 2 is 1.92 bits per heavy atom. The van der Waals surface area contributed by atoms with Gasteiger partial charge in [-0.3, -0.25) is 4.68 Å². The predicted octanol–water partition coefficient (Wildman–Crippen LogP) is 2.27. The molecule has 0 saturated heterocycles. The fraction of sp³-hybridized carbons (Fsp3) is 0.0909. The molecule has 2 heteroatoms. The van der Waals surface area contributed by atoms with E-state index in [-0.39, 0.29) is 0 Å². The monoisotopic (exact) mass is 171 g/mol. The second-order valence-corrected chi connectivity index (χ2v) is 3.01. The molecule has 1 radical (unpaired) electrons. The van der Waals surface area contributed by atoms with Crippen molar-refractivity contribution in [1.82, 2.24) is 9.78 Å². The van der Waals surface area contributed by atoms with E-state index in [0.29, 0.717) is 0 Å². The average Bonchev–Trinajstić information content (AvgIpc) is 2.49. The largest absolute Gasteiger partial charge is 0.272 e. The van der Waals surface area contributed by atoms with E-state index in [1.807, 2.05) is 43.4 Å². The number of aromatic nitrogens is 2. The highest BCUT2D eigenvalue weighted by molar-refractivity contribution is 5.59. The molecule has 0 aliphatic carbocycles. The first-order valence-corrected chi connectivity index (χ1v) is 4.19. The molecule has 0 atom stereocenters. The van der Waals surface area contributed by atoms with Gasteiger partial charge in [-0.25, -0.2) is 0 Å². The minimum Gasteiger partial charge on any atom is -0.272 e. The first kappa shape index (κ1) is 8.05. The molecule has 1 aromatic carbocycles. The molecule has 0 unspecified atom stereocenters. The Hall–Kier alpha value is -1.57. The molecular weight excluding hydrogens is 160 g/mol. The van der Waals surface area contributed by atoms with Crippen LogP contribution in [0.25, 0.3) is 11.3 Å². The molecule has 0 bridgehead atoms.